The van der Waals surface area contributed by atoms with Crippen molar-refractivity contribution >= 4 is 41.5 Å². The highest BCUT2D eigenvalue weighted by Crippen LogP contribution is 2.19. The van der Waals surface area contributed by atoms with Gasteiger partial charge in [-0.1, -0.05) is 24.3 Å². The third-order valence-corrected chi connectivity index (χ3v) is 3.90. The summed E-state index contributed by atoms with van der Waals surface area (Å²) in [6.45, 7) is 5.73. The molecule has 0 radical (unpaired) electrons. The number of rotatable bonds is 1. The predicted molar refractivity (Wildman–Crippen MR) is 94.2 cm³/mol. The number of amides is 1. The molecule has 4 nitrogen and oxygen atoms in total. The largest absolute Gasteiger partial charge is 0.332 e. The lowest BCUT2D eigenvalue weighted by Crippen LogP contribution is -2.56. The van der Waals surface area contributed by atoms with E-state index >= 15 is 0 Å². The van der Waals surface area contributed by atoms with Crippen LogP contribution in [0.2, 0.25) is 0 Å². The maximum absolute atomic E-state index is 12.8. The molecule has 120 valence electrons. The number of carbonyl (C=O) groups excluding carboxylic acids is 1. The van der Waals surface area contributed by atoms with Crippen molar-refractivity contribution in [2.24, 2.45) is 0 Å². The quantitative estimate of drug-likeness (QED) is 0.867. The first-order valence-electron chi connectivity index (χ1n) is 7.05. The van der Waals surface area contributed by atoms with E-state index in [4.69, 9.17) is 0 Å². The number of fused-ring (bicyclic) bond motifs is 1. The van der Waals surface area contributed by atoms with Gasteiger partial charge in [-0.3, -0.25) is 9.78 Å². The summed E-state index contributed by atoms with van der Waals surface area (Å²) in [5.74, 6) is 0.0302. The van der Waals surface area contributed by atoms with Crippen LogP contribution >= 0.6 is 24.8 Å². The fraction of sp³-hybridized carbons (Fsp3) is 0.375. The second-order valence-electron chi connectivity index (χ2n) is 5.50. The van der Waals surface area contributed by atoms with Crippen LogP contribution in [0.1, 0.15) is 24.3 Å². The fourth-order valence-electron chi connectivity index (χ4n) is 2.73. The van der Waals surface area contributed by atoms with Gasteiger partial charge in [0.05, 0.1) is 0 Å². The van der Waals surface area contributed by atoms with Crippen molar-refractivity contribution in [3.8, 4) is 0 Å². The fourth-order valence-corrected chi connectivity index (χ4v) is 2.73. The van der Waals surface area contributed by atoms with E-state index in [1.54, 1.807) is 6.20 Å². The molecule has 3 rings (SSSR count). The number of nitrogens with zero attached hydrogens (tertiary/aromatic N) is 2. The molecule has 1 fully saturated rings. The molecule has 1 saturated heterocycles. The topological polar surface area (TPSA) is 45.2 Å². The van der Waals surface area contributed by atoms with Crippen LogP contribution in [0.4, 0.5) is 0 Å². The van der Waals surface area contributed by atoms with Crippen LogP contribution in [0.25, 0.3) is 10.8 Å². The zero-order chi connectivity index (χ0) is 14.1. The SMILES string of the molecule is CC1CN(C(=O)c2nccc3ccccc23)C(C)CN1.Cl.Cl. The van der Waals surface area contributed by atoms with Gasteiger partial charge in [0, 0.05) is 36.8 Å². The predicted octanol–water partition coefficient (Wildman–Crippen LogP) is 2.90. The smallest absolute Gasteiger partial charge is 0.273 e. The minimum atomic E-state index is 0. The molecular formula is C16H21Cl2N3O. The summed E-state index contributed by atoms with van der Waals surface area (Å²) in [6, 6.07) is 10.4. The maximum atomic E-state index is 12.8. The first-order valence-corrected chi connectivity index (χ1v) is 7.05. The van der Waals surface area contributed by atoms with Crippen LogP contribution in [0.3, 0.4) is 0 Å². The Hall–Kier alpha value is -1.36. The number of hydrogen-bond donors (Lipinski definition) is 1. The summed E-state index contributed by atoms with van der Waals surface area (Å²) in [7, 11) is 0. The van der Waals surface area contributed by atoms with Gasteiger partial charge in [-0.05, 0) is 25.3 Å². The molecule has 1 aliphatic rings. The normalized spacial score (nSPS) is 20.9. The van der Waals surface area contributed by atoms with Gasteiger partial charge in [0.1, 0.15) is 5.69 Å². The molecule has 1 aromatic carbocycles. The Kier molecular flexibility index (Phi) is 6.60. The monoisotopic (exact) mass is 341 g/mol. The van der Waals surface area contributed by atoms with E-state index in [2.05, 4.69) is 24.1 Å². The van der Waals surface area contributed by atoms with Crippen LogP contribution in [0.15, 0.2) is 36.5 Å². The molecule has 1 N–H and O–H groups in total. The van der Waals surface area contributed by atoms with E-state index in [9.17, 15) is 4.79 Å². The first-order chi connectivity index (χ1) is 9.66. The van der Waals surface area contributed by atoms with Gasteiger partial charge in [-0.2, -0.15) is 0 Å². The average molecular weight is 342 g/mol. The number of carbonyl (C=O) groups is 1. The molecule has 2 heterocycles. The zero-order valence-corrected chi connectivity index (χ0v) is 14.3. The minimum absolute atomic E-state index is 0. The summed E-state index contributed by atoms with van der Waals surface area (Å²) >= 11 is 0. The number of benzene rings is 1. The van der Waals surface area contributed by atoms with Crippen LogP contribution in [-0.4, -0.2) is 41.0 Å². The molecular weight excluding hydrogens is 321 g/mol. The highest BCUT2D eigenvalue weighted by atomic mass is 35.5. The third kappa shape index (κ3) is 3.51. The molecule has 1 aromatic heterocycles. The summed E-state index contributed by atoms with van der Waals surface area (Å²) < 4.78 is 0. The van der Waals surface area contributed by atoms with Crippen LogP contribution in [-0.2, 0) is 0 Å². The van der Waals surface area contributed by atoms with Crippen molar-refractivity contribution < 1.29 is 4.79 Å². The van der Waals surface area contributed by atoms with Gasteiger partial charge < -0.3 is 10.2 Å². The van der Waals surface area contributed by atoms with Crippen LogP contribution in [0, 0.1) is 0 Å². The summed E-state index contributed by atoms with van der Waals surface area (Å²) in [6.07, 6.45) is 1.71. The number of hydrogen-bond acceptors (Lipinski definition) is 3. The highest BCUT2D eigenvalue weighted by Gasteiger charge is 2.28. The first kappa shape index (κ1) is 18.7. The Bertz CT molecular complexity index is 645. The molecule has 22 heavy (non-hydrogen) atoms. The number of aromatic nitrogens is 1. The molecule has 0 aliphatic carbocycles. The molecule has 2 atom stereocenters. The molecule has 2 unspecified atom stereocenters. The molecule has 0 bridgehead atoms. The maximum Gasteiger partial charge on any atom is 0.273 e. The highest BCUT2D eigenvalue weighted by molar-refractivity contribution is 6.05. The second kappa shape index (κ2) is 7.77. The van der Waals surface area contributed by atoms with E-state index < -0.39 is 0 Å². The van der Waals surface area contributed by atoms with Gasteiger partial charge in [0.2, 0.25) is 0 Å². The van der Waals surface area contributed by atoms with Crippen LogP contribution in [0.5, 0.6) is 0 Å². The average Bonchev–Trinajstić information content (AvgIpc) is 2.48. The Labute approximate surface area is 143 Å². The molecule has 0 saturated carbocycles. The van der Waals surface area contributed by atoms with E-state index in [-0.39, 0.29) is 36.8 Å². The lowest BCUT2D eigenvalue weighted by molar-refractivity contribution is 0.0612. The van der Waals surface area contributed by atoms with Gasteiger partial charge in [0.15, 0.2) is 0 Å². The number of piperazine rings is 1. The Morgan fingerprint density at radius 2 is 1.95 bits per heavy atom. The van der Waals surface area contributed by atoms with Crippen molar-refractivity contribution in [3.63, 3.8) is 0 Å². The Morgan fingerprint density at radius 3 is 2.73 bits per heavy atom. The standard InChI is InChI=1S/C16H19N3O.2ClH/c1-11-10-19(12(2)9-18-11)16(20)15-14-6-4-3-5-13(14)7-8-17-15;;/h3-8,11-12,18H,9-10H2,1-2H3;2*1H. The molecule has 6 heteroatoms. The summed E-state index contributed by atoms with van der Waals surface area (Å²) in [4.78, 5) is 19.1. The van der Waals surface area contributed by atoms with E-state index in [1.165, 1.54) is 0 Å². The Morgan fingerprint density at radius 1 is 1.23 bits per heavy atom. The van der Waals surface area contributed by atoms with Crippen molar-refractivity contribution in [1.82, 2.24) is 15.2 Å². The van der Waals surface area contributed by atoms with E-state index in [0.29, 0.717) is 11.7 Å². The molecule has 2 aromatic rings. The van der Waals surface area contributed by atoms with Crippen molar-refractivity contribution in [1.29, 1.82) is 0 Å². The second-order valence-corrected chi connectivity index (χ2v) is 5.50. The molecule has 1 aliphatic heterocycles. The molecule has 1 amide bonds. The number of halogens is 2. The third-order valence-electron chi connectivity index (χ3n) is 3.90. The van der Waals surface area contributed by atoms with E-state index in [1.807, 2.05) is 35.2 Å². The number of pyridine rings is 1. The van der Waals surface area contributed by atoms with Gasteiger partial charge in [-0.15, -0.1) is 24.8 Å². The number of nitrogens with one attached hydrogen (secondary N) is 1. The van der Waals surface area contributed by atoms with Crippen LogP contribution < -0.4 is 5.32 Å². The summed E-state index contributed by atoms with van der Waals surface area (Å²) in [5.41, 5.74) is 0.559. The van der Waals surface area contributed by atoms with Gasteiger partial charge >= 0.3 is 0 Å². The van der Waals surface area contributed by atoms with Gasteiger partial charge in [0.25, 0.3) is 5.91 Å². The lowest BCUT2D eigenvalue weighted by Gasteiger charge is -2.37. The van der Waals surface area contributed by atoms with E-state index in [0.717, 1.165) is 23.9 Å². The van der Waals surface area contributed by atoms with Gasteiger partial charge in [-0.25, -0.2) is 0 Å². The minimum Gasteiger partial charge on any atom is -0.332 e. The summed E-state index contributed by atoms with van der Waals surface area (Å²) in [5, 5.41) is 5.38. The molecule has 0 spiro atoms. The zero-order valence-electron chi connectivity index (χ0n) is 12.7. The lowest BCUT2D eigenvalue weighted by atomic mass is 10.1. The van der Waals surface area contributed by atoms with Crippen molar-refractivity contribution in [2.45, 2.75) is 25.9 Å². The Balaban J connectivity index is 0.00000121. The van der Waals surface area contributed by atoms with Crippen molar-refractivity contribution in [3.05, 3.63) is 42.2 Å². The van der Waals surface area contributed by atoms with Crippen molar-refractivity contribution in [2.75, 3.05) is 13.1 Å².